The first-order valence-electron chi connectivity index (χ1n) is 6.42. The van der Waals surface area contributed by atoms with Crippen molar-refractivity contribution in [3.05, 3.63) is 69.2 Å². The number of rotatable bonds is 3. The lowest BCUT2D eigenvalue weighted by Crippen LogP contribution is -2.13. The molecule has 0 heterocycles. The number of anilines is 1. The maximum atomic E-state index is 12.2. The highest BCUT2D eigenvalue weighted by molar-refractivity contribution is 6.36. The summed E-state index contributed by atoms with van der Waals surface area (Å²) in [6.45, 7) is 0. The highest BCUT2D eigenvalue weighted by atomic mass is 35.5. The van der Waals surface area contributed by atoms with Gasteiger partial charge in [0.2, 0.25) is 0 Å². The van der Waals surface area contributed by atoms with Gasteiger partial charge in [-0.25, -0.2) is 0 Å². The van der Waals surface area contributed by atoms with E-state index in [1.54, 1.807) is 36.4 Å². The van der Waals surface area contributed by atoms with Crippen LogP contribution in [0.5, 0.6) is 0 Å². The van der Waals surface area contributed by atoms with Crippen molar-refractivity contribution >= 4 is 40.9 Å². The van der Waals surface area contributed by atoms with Crippen LogP contribution in [0.4, 0.5) is 5.69 Å². The molecule has 1 amide bonds. The first-order valence-corrected chi connectivity index (χ1v) is 7.17. The number of carbonyl (C=O) groups is 1. The number of nitriles is 2. The summed E-state index contributed by atoms with van der Waals surface area (Å²) in [7, 11) is 0. The molecule has 0 bridgehead atoms. The first-order chi connectivity index (χ1) is 11.0. The van der Waals surface area contributed by atoms with E-state index in [0.717, 1.165) is 0 Å². The summed E-state index contributed by atoms with van der Waals surface area (Å²) < 4.78 is 0. The van der Waals surface area contributed by atoms with Crippen LogP contribution >= 0.6 is 23.2 Å². The number of hydrogen-bond donors (Lipinski definition) is 1. The molecule has 23 heavy (non-hydrogen) atoms. The molecule has 0 saturated carbocycles. The average Bonchev–Trinajstić information content (AvgIpc) is 2.55. The van der Waals surface area contributed by atoms with Crippen LogP contribution in [0.1, 0.15) is 11.1 Å². The molecular weight excluding hydrogens is 333 g/mol. The monoisotopic (exact) mass is 341 g/mol. The van der Waals surface area contributed by atoms with Gasteiger partial charge in [-0.2, -0.15) is 10.5 Å². The molecule has 0 fully saturated rings. The zero-order valence-electron chi connectivity index (χ0n) is 11.7. The molecule has 2 aromatic carbocycles. The van der Waals surface area contributed by atoms with Gasteiger partial charge in [0.1, 0.15) is 11.6 Å². The van der Waals surface area contributed by atoms with Crippen LogP contribution < -0.4 is 5.32 Å². The summed E-state index contributed by atoms with van der Waals surface area (Å²) >= 11 is 11.8. The van der Waals surface area contributed by atoms with E-state index < -0.39 is 5.91 Å². The summed E-state index contributed by atoms with van der Waals surface area (Å²) in [4.78, 5) is 12.2. The normalized spacial score (nSPS) is 10.5. The first kappa shape index (κ1) is 16.6. The number of halogens is 2. The molecule has 0 aliphatic heterocycles. The molecule has 0 saturated heterocycles. The van der Waals surface area contributed by atoms with Gasteiger partial charge in [0.15, 0.2) is 0 Å². The molecule has 0 radical (unpaired) electrons. The van der Waals surface area contributed by atoms with Crippen molar-refractivity contribution in [2.24, 2.45) is 0 Å². The molecule has 2 rings (SSSR count). The Morgan fingerprint density at radius 1 is 1.09 bits per heavy atom. The average molecular weight is 342 g/mol. The summed E-state index contributed by atoms with van der Waals surface area (Å²) in [6.07, 6.45) is 1.43. The lowest BCUT2D eigenvalue weighted by atomic mass is 10.1. The third-order valence-corrected chi connectivity index (χ3v) is 3.44. The van der Waals surface area contributed by atoms with Crippen molar-refractivity contribution in [3.63, 3.8) is 0 Å². The molecule has 0 aliphatic rings. The lowest BCUT2D eigenvalue weighted by Gasteiger charge is -2.06. The second-order valence-electron chi connectivity index (χ2n) is 4.48. The van der Waals surface area contributed by atoms with Crippen LogP contribution in [0.3, 0.4) is 0 Å². The maximum absolute atomic E-state index is 12.2. The van der Waals surface area contributed by atoms with Gasteiger partial charge < -0.3 is 5.32 Å². The fourth-order valence-corrected chi connectivity index (χ4v) is 2.21. The van der Waals surface area contributed by atoms with Crippen LogP contribution in [0, 0.1) is 22.7 Å². The van der Waals surface area contributed by atoms with E-state index >= 15 is 0 Å². The van der Waals surface area contributed by atoms with E-state index in [0.29, 0.717) is 21.8 Å². The lowest BCUT2D eigenvalue weighted by molar-refractivity contribution is -0.112. The van der Waals surface area contributed by atoms with Crippen molar-refractivity contribution in [2.75, 3.05) is 5.32 Å². The second kappa shape index (κ2) is 7.47. The minimum atomic E-state index is -0.582. The molecule has 1 N–H and O–H groups in total. The summed E-state index contributed by atoms with van der Waals surface area (Å²) in [5, 5.41) is 21.2. The van der Waals surface area contributed by atoms with E-state index in [4.69, 9.17) is 33.7 Å². The Bertz CT molecular complexity index is 859. The van der Waals surface area contributed by atoms with E-state index in [-0.39, 0.29) is 10.6 Å². The van der Waals surface area contributed by atoms with Crippen LogP contribution in [-0.2, 0) is 4.79 Å². The molecule has 0 atom stereocenters. The van der Waals surface area contributed by atoms with Crippen molar-refractivity contribution in [3.8, 4) is 12.1 Å². The molecular formula is C17H9Cl2N3O. The minimum Gasteiger partial charge on any atom is -0.320 e. The van der Waals surface area contributed by atoms with Crippen molar-refractivity contribution in [1.29, 1.82) is 10.5 Å². The molecule has 0 aliphatic carbocycles. The Hall–Kier alpha value is -2.79. The molecule has 2 aromatic rings. The van der Waals surface area contributed by atoms with Gasteiger partial charge in [-0.15, -0.1) is 0 Å². The van der Waals surface area contributed by atoms with Gasteiger partial charge in [-0.05, 0) is 42.0 Å². The molecule has 6 heteroatoms. The third kappa shape index (κ3) is 4.34. The van der Waals surface area contributed by atoms with Crippen molar-refractivity contribution in [1.82, 2.24) is 0 Å². The van der Waals surface area contributed by atoms with Crippen LogP contribution in [0.15, 0.2) is 48.0 Å². The highest BCUT2D eigenvalue weighted by Gasteiger charge is 2.11. The molecule has 0 spiro atoms. The predicted molar refractivity (Wildman–Crippen MR) is 89.8 cm³/mol. The van der Waals surface area contributed by atoms with E-state index in [9.17, 15) is 4.79 Å². The number of benzene rings is 2. The fourth-order valence-electron chi connectivity index (χ4n) is 1.75. The quantitative estimate of drug-likeness (QED) is 0.663. The topological polar surface area (TPSA) is 76.7 Å². The van der Waals surface area contributed by atoms with Gasteiger partial charge in [-0.1, -0.05) is 35.3 Å². The Labute approximate surface area is 143 Å². The number of hydrogen-bond acceptors (Lipinski definition) is 3. The van der Waals surface area contributed by atoms with Gasteiger partial charge in [0, 0.05) is 5.02 Å². The van der Waals surface area contributed by atoms with Crippen LogP contribution in [0.25, 0.3) is 6.08 Å². The van der Waals surface area contributed by atoms with Gasteiger partial charge >= 0.3 is 0 Å². The Balaban J connectivity index is 2.22. The molecule has 0 unspecified atom stereocenters. The van der Waals surface area contributed by atoms with Crippen LogP contribution in [-0.4, -0.2) is 5.91 Å². The number of carbonyl (C=O) groups excluding carboxylic acids is 1. The van der Waals surface area contributed by atoms with Crippen molar-refractivity contribution < 1.29 is 4.79 Å². The van der Waals surface area contributed by atoms with Gasteiger partial charge in [0.05, 0.1) is 22.3 Å². The second-order valence-corrected chi connectivity index (χ2v) is 5.33. The van der Waals surface area contributed by atoms with E-state index in [1.165, 1.54) is 12.1 Å². The molecule has 4 nitrogen and oxygen atoms in total. The predicted octanol–water partition coefficient (Wildman–Crippen LogP) is 4.41. The van der Waals surface area contributed by atoms with E-state index in [2.05, 4.69) is 5.32 Å². The van der Waals surface area contributed by atoms with Gasteiger partial charge in [-0.3, -0.25) is 4.79 Å². The summed E-state index contributed by atoms with van der Waals surface area (Å²) in [5.74, 6) is -0.582. The third-order valence-electron chi connectivity index (χ3n) is 2.90. The number of amides is 1. The summed E-state index contributed by atoms with van der Waals surface area (Å²) in [5.41, 5.74) is 1.42. The summed E-state index contributed by atoms with van der Waals surface area (Å²) in [6, 6.07) is 15.0. The maximum Gasteiger partial charge on any atom is 0.266 e. The Morgan fingerprint density at radius 3 is 2.35 bits per heavy atom. The van der Waals surface area contributed by atoms with Crippen LogP contribution in [0.2, 0.25) is 10.0 Å². The SMILES string of the molecule is N#C/C(=C\c1ccc(C#N)cc1)C(=O)Nc1ccc(Cl)cc1Cl. The zero-order valence-corrected chi connectivity index (χ0v) is 13.2. The standard InChI is InChI=1S/C17H9Cl2N3O/c18-14-5-6-16(15(19)8-14)22-17(23)13(10-21)7-11-1-3-12(9-20)4-2-11/h1-8H,(H,22,23)/b13-7+. The molecule has 112 valence electrons. The Kier molecular flexibility index (Phi) is 5.38. The van der Waals surface area contributed by atoms with Gasteiger partial charge in [0.25, 0.3) is 5.91 Å². The van der Waals surface area contributed by atoms with E-state index in [1.807, 2.05) is 12.1 Å². The zero-order chi connectivity index (χ0) is 16.8. The largest absolute Gasteiger partial charge is 0.320 e. The minimum absolute atomic E-state index is 0.0827. The van der Waals surface area contributed by atoms with Crippen molar-refractivity contribution in [2.45, 2.75) is 0 Å². The smallest absolute Gasteiger partial charge is 0.266 e. The molecule has 0 aromatic heterocycles. The number of nitrogens with zero attached hydrogens (tertiary/aromatic N) is 2. The number of nitrogens with one attached hydrogen (secondary N) is 1. The fraction of sp³-hybridized carbons (Fsp3) is 0. The Morgan fingerprint density at radius 2 is 1.78 bits per heavy atom. The highest BCUT2D eigenvalue weighted by Crippen LogP contribution is 2.25.